The Balaban J connectivity index is 1.44. The Morgan fingerprint density at radius 2 is 1.79 bits per heavy atom. The number of carbonyl (C=O) groups is 4. The summed E-state index contributed by atoms with van der Waals surface area (Å²) in [6.45, 7) is 9.78. The number of hydrogen-bond donors (Lipinski definition) is 2. The summed E-state index contributed by atoms with van der Waals surface area (Å²) in [6, 6.07) is 4.16. The van der Waals surface area contributed by atoms with Crippen LogP contribution in [0.15, 0.2) is 24.3 Å². The zero-order valence-corrected chi connectivity index (χ0v) is 25.5. The molecule has 3 atom stereocenters. The molecule has 1 aromatic carbocycles. The number of carbonyl (C=O) groups excluding carboxylic acids is 4. The van der Waals surface area contributed by atoms with Crippen molar-refractivity contribution in [2.75, 3.05) is 26.7 Å². The van der Waals surface area contributed by atoms with E-state index in [2.05, 4.69) is 10.3 Å². The van der Waals surface area contributed by atoms with Crippen LogP contribution in [0.4, 0.5) is 9.18 Å². The van der Waals surface area contributed by atoms with Gasteiger partial charge in [-0.15, -0.1) is 0 Å². The van der Waals surface area contributed by atoms with E-state index in [0.717, 1.165) is 32.1 Å². The van der Waals surface area contributed by atoms with Gasteiger partial charge in [0.05, 0.1) is 0 Å². The van der Waals surface area contributed by atoms with E-state index in [0.29, 0.717) is 36.2 Å². The number of nitrogens with one attached hydrogen (secondary N) is 2. The summed E-state index contributed by atoms with van der Waals surface area (Å²) in [5.41, 5.74) is 0.353. The second-order valence-electron chi connectivity index (χ2n) is 12.7. The molecule has 10 nitrogen and oxygen atoms in total. The predicted octanol–water partition coefficient (Wildman–Crippen LogP) is 4.30. The fraction of sp³-hybridized carbons (Fsp3) is 0.613. The van der Waals surface area contributed by atoms with Crippen LogP contribution in [0.3, 0.4) is 0 Å². The van der Waals surface area contributed by atoms with Crippen molar-refractivity contribution < 1.29 is 28.3 Å². The molecule has 0 radical (unpaired) electrons. The zero-order chi connectivity index (χ0) is 30.8. The molecule has 2 N–H and O–H groups in total. The van der Waals surface area contributed by atoms with E-state index >= 15 is 0 Å². The Labute approximate surface area is 246 Å². The maximum Gasteiger partial charge on any atom is 0.410 e. The number of amides is 4. The average Bonchev–Trinajstić information content (AvgIpc) is 3.37. The highest BCUT2D eigenvalue weighted by atomic mass is 19.1. The largest absolute Gasteiger partial charge is 0.444 e. The van der Waals surface area contributed by atoms with Gasteiger partial charge in [0.15, 0.2) is 0 Å². The van der Waals surface area contributed by atoms with Gasteiger partial charge in [0.2, 0.25) is 11.8 Å². The molecule has 1 aromatic heterocycles. The van der Waals surface area contributed by atoms with Crippen LogP contribution in [0.25, 0.3) is 10.9 Å². The lowest BCUT2D eigenvalue weighted by Gasteiger charge is -2.42. The molecule has 1 saturated carbocycles. The lowest BCUT2D eigenvalue weighted by molar-refractivity contribution is -0.141. The molecule has 230 valence electrons. The van der Waals surface area contributed by atoms with Gasteiger partial charge < -0.3 is 24.8 Å². The minimum Gasteiger partial charge on any atom is -0.444 e. The number of benzene rings is 1. The number of H-pyrrole nitrogens is 1. The molecule has 11 heteroatoms. The molecule has 1 saturated heterocycles. The van der Waals surface area contributed by atoms with E-state index in [9.17, 15) is 23.6 Å². The average molecular weight is 586 g/mol. The van der Waals surface area contributed by atoms with Crippen molar-refractivity contribution in [1.29, 1.82) is 0 Å². The van der Waals surface area contributed by atoms with E-state index < -0.39 is 29.7 Å². The summed E-state index contributed by atoms with van der Waals surface area (Å²) in [6.07, 6.45) is 4.14. The molecule has 4 amide bonds. The van der Waals surface area contributed by atoms with Crippen molar-refractivity contribution in [3.05, 3.63) is 35.8 Å². The lowest BCUT2D eigenvalue weighted by atomic mass is 9.83. The Hall–Kier alpha value is -3.63. The lowest BCUT2D eigenvalue weighted by Crippen LogP contribution is -2.61. The maximum atomic E-state index is 13.9. The first-order valence-corrected chi connectivity index (χ1v) is 14.9. The molecule has 2 aliphatic rings. The number of aromatic nitrogens is 1. The molecule has 1 aliphatic carbocycles. The molecule has 2 heterocycles. The number of fused-ring (bicyclic) bond motifs is 1. The van der Waals surface area contributed by atoms with E-state index in [-0.39, 0.29) is 29.6 Å². The Morgan fingerprint density at radius 1 is 1.10 bits per heavy atom. The van der Waals surface area contributed by atoms with Gasteiger partial charge in [-0.05, 0) is 77.6 Å². The van der Waals surface area contributed by atoms with E-state index in [1.54, 1.807) is 49.6 Å². The van der Waals surface area contributed by atoms with Crippen molar-refractivity contribution in [2.45, 2.75) is 90.4 Å². The van der Waals surface area contributed by atoms with Crippen LogP contribution in [0.5, 0.6) is 0 Å². The number of hydrogen-bond acceptors (Lipinski definition) is 5. The fourth-order valence-corrected chi connectivity index (χ4v) is 5.82. The third-order valence-corrected chi connectivity index (χ3v) is 8.34. The van der Waals surface area contributed by atoms with Crippen LogP contribution >= 0.6 is 0 Å². The van der Waals surface area contributed by atoms with Gasteiger partial charge in [-0.1, -0.05) is 19.3 Å². The van der Waals surface area contributed by atoms with Gasteiger partial charge in [-0.2, -0.15) is 0 Å². The summed E-state index contributed by atoms with van der Waals surface area (Å²) in [5, 5.41) is 3.60. The van der Waals surface area contributed by atoms with Crippen molar-refractivity contribution in [1.82, 2.24) is 25.0 Å². The molecule has 2 aromatic rings. The van der Waals surface area contributed by atoms with Crippen LogP contribution in [-0.2, 0) is 14.3 Å². The SMILES string of the molecule is C[C@@H](C(=O)N[C@H](C(=O)N1CCN(C(=O)c2cc3cc(F)ccc3[nH]2)[C@@H](C)C1)C1CCCCC1)N(C)C(=O)OC(C)(C)C. The van der Waals surface area contributed by atoms with Crippen LogP contribution < -0.4 is 5.32 Å². The van der Waals surface area contributed by atoms with E-state index in [1.807, 2.05) is 6.92 Å². The Bertz CT molecular complexity index is 1310. The molecule has 0 bridgehead atoms. The van der Waals surface area contributed by atoms with Gasteiger partial charge in [0.1, 0.15) is 29.2 Å². The molecule has 2 fully saturated rings. The first-order chi connectivity index (χ1) is 19.7. The van der Waals surface area contributed by atoms with Gasteiger partial charge in [-0.3, -0.25) is 19.3 Å². The minimum absolute atomic E-state index is 0.00376. The van der Waals surface area contributed by atoms with E-state index in [1.165, 1.54) is 24.1 Å². The first-order valence-electron chi connectivity index (χ1n) is 14.9. The molecule has 42 heavy (non-hydrogen) atoms. The van der Waals surface area contributed by atoms with Gasteiger partial charge >= 0.3 is 6.09 Å². The second-order valence-corrected chi connectivity index (χ2v) is 12.7. The third kappa shape index (κ3) is 7.22. The van der Waals surface area contributed by atoms with Crippen molar-refractivity contribution in [3.63, 3.8) is 0 Å². The number of piperazine rings is 1. The Morgan fingerprint density at radius 3 is 2.43 bits per heavy atom. The van der Waals surface area contributed by atoms with E-state index in [4.69, 9.17) is 4.74 Å². The van der Waals surface area contributed by atoms with Crippen molar-refractivity contribution in [3.8, 4) is 0 Å². The van der Waals surface area contributed by atoms with Crippen LogP contribution in [0.1, 0.15) is 77.2 Å². The third-order valence-electron chi connectivity index (χ3n) is 8.34. The molecule has 0 unspecified atom stereocenters. The van der Waals surface area contributed by atoms with Gasteiger partial charge in [0.25, 0.3) is 5.91 Å². The predicted molar refractivity (Wildman–Crippen MR) is 157 cm³/mol. The van der Waals surface area contributed by atoms with Crippen molar-refractivity contribution in [2.24, 2.45) is 5.92 Å². The first kappa shape index (κ1) is 31.3. The zero-order valence-electron chi connectivity index (χ0n) is 25.5. The fourth-order valence-electron chi connectivity index (χ4n) is 5.82. The second kappa shape index (κ2) is 12.7. The summed E-state index contributed by atoms with van der Waals surface area (Å²) in [4.78, 5) is 61.0. The number of aromatic amines is 1. The number of halogens is 1. The number of nitrogens with zero attached hydrogens (tertiary/aromatic N) is 3. The topological polar surface area (TPSA) is 115 Å². The normalized spacial score (nSPS) is 19.7. The number of rotatable bonds is 6. The number of likely N-dealkylation sites (N-methyl/N-ethyl adjacent to an activating group) is 1. The summed E-state index contributed by atoms with van der Waals surface area (Å²) < 4.78 is 19.1. The summed E-state index contributed by atoms with van der Waals surface area (Å²) in [7, 11) is 1.51. The highest BCUT2D eigenvalue weighted by molar-refractivity contribution is 5.98. The molecule has 1 aliphatic heterocycles. The van der Waals surface area contributed by atoms with Crippen molar-refractivity contribution >= 4 is 34.7 Å². The molecule has 0 spiro atoms. The Kier molecular flexibility index (Phi) is 9.47. The quantitative estimate of drug-likeness (QED) is 0.525. The molecule has 4 rings (SSSR count). The molecular formula is C31H44FN5O5. The van der Waals surface area contributed by atoms with Crippen LogP contribution in [-0.4, -0.2) is 93.9 Å². The summed E-state index contributed by atoms with van der Waals surface area (Å²) >= 11 is 0. The summed E-state index contributed by atoms with van der Waals surface area (Å²) in [5.74, 6) is -1.16. The highest BCUT2D eigenvalue weighted by Gasteiger charge is 2.39. The monoisotopic (exact) mass is 585 g/mol. The van der Waals surface area contributed by atoms with Gasteiger partial charge in [0, 0.05) is 43.6 Å². The van der Waals surface area contributed by atoms with Gasteiger partial charge in [-0.25, -0.2) is 9.18 Å². The smallest absolute Gasteiger partial charge is 0.410 e. The van der Waals surface area contributed by atoms with Crippen LogP contribution in [0.2, 0.25) is 0 Å². The highest BCUT2D eigenvalue weighted by Crippen LogP contribution is 2.28. The van der Waals surface area contributed by atoms with Crippen LogP contribution in [0, 0.1) is 11.7 Å². The standard InChI is InChI=1S/C31H44FN5O5/c1-19-18-36(14-15-37(19)28(39)25-17-22-16-23(32)12-13-24(22)33-25)29(40)26(21-10-8-7-9-11-21)34-27(38)20(2)35(6)30(41)42-31(3,4)5/h12-13,16-17,19-21,26,33H,7-11,14-15,18H2,1-6H3,(H,34,38)/t19-,20-,26-/m0/s1. The maximum absolute atomic E-state index is 13.9. The number of ether oxygens (including phenoxy) is 1. The minimum atomic E-state index is -0.836. The molecular weight excluding hydrogens is 541 g/mol.